The van der Waals surface area contributed by atoms with Gasteiger partial charge in [0.05, 0.1) is 5.60 Å². The van der Waals surface area contributed by atoms with Crippen molar-refractivity contribution in [2.45, 2.75) is 82.4 Å². The van der Waals surface area contributed by atoms with E-state index in [4.69, 9.17) is 0 Å². The molecular formula is C24H36N2O2S. The second-order valence-electron chi connectivity index (χ2n) is 11.0. The maximum absolute atomic E-state index is 12.1. The summed E-state index contributed by atoms with van der Waals surface area (Å²) in [7, 11) is 2.03. The first-order valence-corrected chi connectivity index (χ1v) is 12.6. The van der Waals surface area contributed by atoms with Crippen molar-refractivity contribution >= 4 is 17.5 Å². The minimum Gasteiger partial charge on any atom is -0.388 e. The molecule has 160 valence electrons. The van der Waals surface area contributed by atoms with Gasteiger partial charge < -0.3 is 9.67 Å². The molecule has 4 fully saturated rings. The lowest BCUT2D eigenvalue weighted by Gasteiger charge is -2.61. The first-order valence-electron chi connectivity index (χ1n) is 11.6. The number of aryl methyl sites for hydroxylation is 1. The van der Waals surface area contributed by atoms with E-state index in [1.807, 2.05) is 24.0 Å². The lowest BCUT2D eigenvalue weighted by atomic mass is 9.44. The molecule has 1 aromatic rings. The zero-order valence-corrected chi connectivity index (χ0v) is 19.0. The smallest absolute Gasteiger partial charge is 0.167 e. The second-order valence-corrected chi connectivity index (χ2v) is 12.0. The van der Waals surface area contributed by atoms with Crippen molar-refractivity contribution in [1.82, 2.24) is 9.55 Å². The summed E-state index contributed by atoms with van der Waals surface area (Å²) in [6.45, 7) is 4.89. The lowest BCUT2D eigenvalue weighted by molar-refractivity contribution is -0.152. The first-order chi connectivity index (χ1) is 13.8. The molecule has 5 rings (SSSR count). The number of imidazole rings is 1. The maximum Gasteiger partial charge on any atom is 0.167 e. The van der Waals surface area contributed by atoms with E-state index in [1.165, 1.54) is 19.3 Å². The Morgan fingerprint density at radius 1 is 1.17 bits per heavy atom. The van der Waals surface area contributed by atoms with E-state index in [-0.39, 0.29) is 5.41 Å². The van der Waals surface area contributed by atoms with E-state index in [9.17, 15) is 9.90 Å². The highest BCUT2D eigenvalue weighted by Gasteiger charge is 2.64. The summed E-state index contributed by atoms with van der Waals surface area (Å²) >= 11 is 1.72. The molecule has 0 aromatic carbocycles. The van der Waals surface area contributed by atoms with Crippen LogP contribution in [0.1, 0.15) is 71.6 Å². The third-order valence-corrected chi connectivity index (χ3v) is 11.3. The molecule has 1 heterocycles. The van der Waals surface area contributed by atoms with E-state index in [1.54, 1.807) is 11.8 Å². The average molecular weight is 417 g/mol. The molecule has 4 aliphatic rings. The summed E-state index contributed by atoms with van der Waals surface area (Å²) in [5.74, 6) is 3.95. The van der Waals surface area contributed by atoms with Gasteiger partial charge >= 0.3 is 0 Å². The molecule has 1 N–H and O–H groups in total. The summed E-state index contributed by atoms with van der Waals surface area (Å²) in [5.41, 5.74) is -0.236. The van der Waals surface area contributed by atoms with E-state index < -0.39 is 5.60 Å². The highest BCUT2D eigenvalue weighted by atomic mass is 32.2. The maximum atomic E-state index is 12.1. The zero-order chi connectivity index (χ0) is 20.4. The van der Waals surface area contributed by atoms with Crippen LogP contribution in [0.15, 0.2) is 17.6 Å². The molecule has 0 saturated heterocycles. The third-order valence-electron chi connectivity index (χ3n) is 10.0. The second kappa shape index (κ2) is 6.85. The van der Waals surface area contributed by atoms with Gasteiger partial charge in [0.15, 0.2) is 5.16 Å². The molecule has 7 atom stereocenters. The van der Waals surface area contributed by atoms with Crippen LogP contribution >= 0.6 is 11.8 Å². The summed E-state index contributed by atoms with van der Waals surface area (Å²) in [6.07, 6.45) is 13.5. The quantitative estimate of drug-likeness (QED) is 0.715. The molecule has 1 aromatic heterocycles. The van der Waals surface area contributed by atoms with Gasteiger partial charge in [-0.25, -0.2) is 4.98 Å². The standard InChI is InChI=1S/C24H36N2O2S/c1-22-9-6-17(27)14-16(22)4-5-18-19(22)7-10-23(2)20(18)8-11-24(23,28)15-29-21-25-12-13-26(21)3/h12-13,16,18-20,28H,4-11,14-15H2,1-3H3/t16-,18+,19+,20+,22-,23-,24+/m0/s1. The number of thioether (sulfide) groups is 1. The predicted octanol–water partition coefficient (Wildman–Crippen LogP) is 4.86. The molecule has 0 amide bonds. The van der Waals surface area contributed by atoms with Crippen molar-refractivity contribution in [3.05, 3.63) is 12.4 Å². The van der Waals surface area contributed by atoms with Gasteiger partial charge in [0.25, 0.3) is 0 Å². The molecular weight excluding hydrogens is 380 g/mol. The molecule has 4 saturated carbocycles. The van der Waals surface area contributed by atoms with Crippen LogP contribution in [0.25, 0.3) is 0 Å². The molecule has 4 nitrogen and oxygen atoms in total. The van der Waals surface area contributed by atoms with Crippen molar-refractivity contribution in [3.63, 3.8) is 0 Å². The number of aliphatic hydroxyl groups is 1. The Morgan fingerprint density at radius 3 is 2.72 bits per heavy atom. The summed E-state index contributed by atoms with van der Waals surface area (Å²) in [5, 5.41) is 12.9. The summed E-state index contributed by atoms with van der Waals surface area (Å²) < 4.78 is 2.05. The highest BCUT2D eigenvalue weighted by molar-refractivity contribution is 7.99. The minimum absolute atomic E-state index is 0.0139. The lowest BCUT2D eigenvalue weighted by Crippen LogP contribution is -2.57. The Morgan fingerprint density at radius 2 is 1.97 bits per heavy atom. The summed E-state index contributed by atoms with van der Waals surface area (Å²) in [6, 6.07) is 0. The minimum atomic E-state index is -0.598. The monoisotopic (exact) mass is 416 g/mol. The van der Waals surface area contributed by atoms with Crippen molar-refractivity contribution in [2.75, 3.05) is 5.75 Å². The van der Waals surface area contributed by atoms with E-state index in [0.29, 0.717) is 23.0 Å². The van der Waals surface area contributed by atoms with Gasteiger partial charge in [0.1, 0.15) is 5.78 Å². The van der Waals surface area contributed by atoms with Crippen molar-refractivity contribution in [3.8, 4) is 0 Å². The Labute approximate surface area is 179 Å². The van der Waals surface area contributed by atoms with Crippen molar-refractivity contribution < 1.29 is 9.90 Å². The number of carbonyl (C=O) groups is 1. The van der Waals surface area contributed by atoms with E-state index >= 15 is 0 Å². The molecule has 0 unspecified atom stereocenters. The molecule has 5 heteroatoms. The van der Waals surface area contributed by atoms with Gasteiger partial charge in [-0.3, -0.25) is 4.79 Å². The number of Topliss-reactive ketones (excluding diaryl/α,β-unsaturated/α-hetero) is 1. The Hall–Kier alpha value is -0.810. The Kier molecular flexibility index (Phi) is 4.75. The highest BCUT2D eigenvalue weighted by Crippen LogP contribution is 2.68. The number of fused-ring (bicyclic) bond motifs is 5. The van der Waals surface area contributed by atoms with Crippen LogP contribution in [-0.4, -0.2) is 31.8 Å². The van der Waals surface area contributed by atoms with E-state index in [0.717, 1.165) is 61.3 Å². The summed E-state index contributed by atoms with van der Waals surface area (Å²) in [4.78, 5) is 16.5. The molecule has 29 heavy (non-hydrogen) atoms. The van der Waals surface area contributed by atoms with Gasteiger partial charge in [-0.2, -0.15) is 0 Å². The van der Waals surface area contributed by atoms with Crippen LogP contribution in [0.2, 0.25) is 0 Å². The number of nitrogens with zero attached hydrogens (tertiary/aromatic N) is 2. The van der Waals surface area contributed by atoms with E-state index in [2.05, 4.69) is 18.8 Å². The van der Waals surface area contributed by atoms with Gasteiger partial charge in [-0.15, -0.1) is 0 Å². The largest absolute Gasteiger partial charge is 0.388 e. The first kappa shape index (κ1) is 20.1. The number of hydrogen-bond acceptors (Lipinski definition) is 4. The Bertz CT molecular complexity index is 809. The third kappa shape index (κ3) is 2.90. The van der Waals surface area contributed by atoms with Crippen LogP contribution < -0.4 is 0 Å². The van der Waals surface area contributed by atoms with Gasteiger partial charge in [-0.05, 0) is 74.0 Å². The predicted molar refractivity (Wildman–Crippen MR) is 116 cm³/mol. The van der Waals surface area contributed by atoms with Crippen LogP contribution in [0.4, 0.5) is 0 Å². The van der Waals surface area contributed by atoms with Crippen molar-refractivity contribution in [1.29, 1.82) is 0 Å². The SMILES string of the molecule is Cn1ccnc1SC[C@]1(O)CC[C@@H]2[C@@H]3CC[C@H]4CC(=O)CC[C@]4(C)[C@@H]3CC[C@@]21C. The number of hydrogen-bond donors (Lipinski definition) is 1. The normalized spacial score (nSPS) is 46.8. The zero-order valence-electron chi connectivity index (χ0n) is 18.2. The molecule has 4 aliphatic carbocycles. The molecule has 0 radical (unpaired) electrons. The fourth-order valence-electron chi connectivity index (χ4n) is 8.07. The van der Waals surface area contributed by atoms with Crippen LogP contribution in [0.5, 0.6) is 0 Å². The van der Waals surface area contributed by atoms with Crippen LogP contribution in [0, 0.1) is 34.5 Å². The molecule has 0 spiro atoms. The molecule has 0 bridgehead atoms. The Balaban J connectivity index is 1.36. The van der Waals surface area contributed by atoms with Crippen LogP contribution in [-0.2, 0) is 11.8 Å². The topological polar surface area (TPSA) is 55.1 Å². The fraction of sp³-hybridized carbons (Fsp3) is 0.833. The average Bonchev–Trinajstić information content (AvgIpc) is 3.22. The number of rotatable bonds is 3. The number of aromatic nitrogens is 2. The van der Waals surface area contributed by atoms with Gasteiger partial charge in [-0.1, -0.05) is 25.6 Å². The number of ketones is 1. The number of carbonyl (C=O) groups excluding carboxylic acids is 1. The van der Waals surface area contributed by atoms with Gasteiger partial charge in [0, 0.05) is 43.5 Å². The van der Waals surface area contributed by atoms with Crippen molar-refractivity contribution in [2.24, 2.45) is 41.5 Å². The van der Waals surface area contributed by atoms with Gasteiger partial charge in [0.2, 0.25) is 0 Å². The fourth-order valence-corrected chi connectivity index (χ4v) is 9.31. The van der Waals surface area contributed by atoms with Crippen LogP contribution in [0.3, 0.4) is 0 Å². The molecule has 0 aliphatic heterocycles.